The lowest BCUT2D eigenvalue weighted by molar-refractivity contribution is -0.384. The number of rotatable bonds is 5. The van der Waals surface area contributed by atoms with Gasteiger partial charge >= 0.3 is 0 Å². The van der Waals surface area contributed by atoms with E-state index >= 15 is 0 Å². The quantitative estimate of drug-likeness (QED) is 0.667. The topological polar surface area (TPSA) is 84.7 Å². The Morgan fingerprint density at radius 1 is 1.32 bits per heavy atom. The van der Waals surface area contributed by atoms with Crippen molar-refractivity contribution in [3.63, 3.8) is 0 Å². The smallest absolute Gasteiger partial charge is 0.271 e. The van der Waals surface area contributed by atoms with E-state index in [9.17, 15) is 14.9 Å². The highest BCUT2D eigenvalue weighted by molar-refractivity contribution is 5.96. The maximum atomic E-state index is 12.5. The number of para-hydroxylation sites is 1. The molecule has 0 atom stereocenters. The number of nitrogens with one attached hydrogen (secondary N) is 1. The van der Waals surface area contributed by atoms with Crippen LogP contribution in [0.15, 0.2) is 42.5 Å². The Hall–Kier alpha value is -3.09. The minimum atomic E-state index is -0.504. The van der Waals surface area contributed by atoms with Crippen LogP contribution in [-0.2, 0) is 11.2 Å². The Labute approximate surface area is 145 Å². The van der Waals surface area contributed by atoms with Crippen molar-refractivity contribution >= 4 is 23.0 Å². The summed E-state index contributed by atoms with van der Waals surface area (Å²) >= 11 is 0. The van der Waals surface area contributed by atoms with Crippen LogP contribution in [0, 0.1) is 10.1 Å². The second kappa shape index (κ2) is 7.21. The standard InChI is InChI=1S/C18H19N3O4/c1-25-17-9-8-14(21(23)24)11-15(17)19-18(22)12-20-10-4-6-13-5-2-3-7-16(13)20/h2-3,5,7-9,11H,4,6,10,12H2,1H3,(H,19,22). The van der Waals surface area contributed by atoms with Gasteiger partial charge in [0, 0.05) is 24.4 Å². The summed E-state index contributed by atoms with van der Waals surface area (Å²) in [4.78, 5) is 24.9. The van der Waals surface area contributed by atoms with Gasteiger partial charge in [-0.15, -0.1) is 0 Å². The van der Waals surface area contributed by atoms with Crippen molar-refractivity contribution in [2.75, 3.05) is 30.4 Å². The van der Waals surface area contributed by atoms with Gasteiger partial charge in [0.05, 0.1) is 24.3 Å². The van der Waals surface area contributed by atoms with Gasteiger partial charge < -0.3 is 15.0 Å². The number of non-ortho nitro benzene ring substituents is 1. The van der Waals surface area contributed by atoms with Gasteiger partial charge in [0.2, 0.25) is 5.91 Å². The zero-order valence-corrected chi connectivity index (χ0v) is 13.9. The number of methoxy groups -OCH3 is 1. The predicted octanol–water partition coefficient (Wildman–Crippen LogP) is 2.99. The molecule has 1 aliphatic heterocycles. The highest BCUT2D eigenvalue weighted by Gasteiger charge is 2.20. The van der Waals surface area contributed by atoms with Crippen molar-refractivity contribution in [1.29, 1.82) is 0 Å². The van der Waals surface area contributed by atoms with Crippen molar-refractivity contribution in [1.82, 2.24) is 0 Å². The molecule has 1 heterocycles. The summed E-state index contributed by atoms with van der Waals surface area (Å²) < 4.78 is 5.18. The van der Waals surface area contributed by atoms with Crippen LogP contribution in [0.3, 0.4) is 0 Å². The summed E-state index contributed by atoms with van der Waals surface area (Å²) in [6, 6.07) is 12.2. The lowest BCUT2D eigenvalue weighted by Crippen LogP contribution is -2.36. The minimum absolute atomic E-state index is 0.0978. The number of ether oxygens (including phenoxy) is 1. The number of aryl methyl sites for hydroxylation is 1. The fourth-order valence-electron chi connectivity index (χ4n) is 3.05. The molecular formula is C18H19N3O4. The van der Waals surface area contributed by atoms with Gasteiger partial charge in [0.1, 0.15) is 5.75 Å². The SMILES string of the molecule is COc1ccc([N+](=O)[O-])cc1NC(=O)CN1CCCc2ccccc21. The van der Waals surface area contributed by atoms with E-state index in [0.29, 0.717) is 11.4 Å². The maximum Gasteiger partial charge on any atom is 0.271 e. The van der Waals surface area contributed by atoms with Crippen molar-refractivity contribution in [2.24, 2.45) is 0 Å². The van der Waals surface area contributed by atoms with Crippen molar-refractivity contribution in [3.05, 3.63) is 58.1 Å². The maximum absolute atomic E-state index is 12.5. The fraction of sp³-hybridized carbons (Fsp3) is 0.278. The van der Waals surface area contributed by atoms with E-state index in [1.807, 2.05) is 23.1 Å². The van der Waals surface area contributed by atoms with Crippen LogP contribution in [0.5, 0.6) is 5.75 Å². The van der Waals surface area contributed by atoms with Gasteiger partial charge in [-0.2, -0.15) is 0 Å². The van der Waals surface area contributed by atoms with Crippen LogP contribution < -0.4 is 15.0 Å². The van der Waals surface area contributed by atoms with E-state index < -0.39 is 4.92 Å². The Bertz CT molecular complexity index is 807. The minimum Gasteiger partial charge on any atom is -0.495 e. The summed E-state index contributed by atoms with van der Waals surface area (Å²) in [7, 11) is 1.46. The molecule has 0 fully saturated rings. The molecular weight excluding hydrogens is 322 g/mol. The number of amides is 1. The molecule has 1 N–H and O–H groups in total. The molecule has 1 amide bonds. The first-order chi connectivity index (χ1) is 12.1. The number of carbonyl (C=O) groups excluding carboxylic acids is 1. The molecule has 7 nitrogen and oxygen atoms in total. The summed E-state index contributed by atoms with van der Waals surface area (Å²) in [5, 5.41) is 13.7. The number of nitro benzene ring substituents is 1. The summed E-state index contributed by atoms with van der Waals surface area (Å²) in [6.07, 6.45) is 2.00. The Morgan fingerprint density at radius 3 is 2.88 bits per heavy atom. The van der Waals surface area contributed by atoms with Crippen molar-refractivity contribution in [3.8, 4) is 5.75 Å². The van der Waals surface area contributed by atoms with Crippen LogP contribution in [-0.4, -0.2) is 31.0 Å². The molecule has 0 saturated carbocycles. The van der Waals surface area contributed by atoms with Crippen molar-refractivity contribution < 1.29 is 14.5 Å². The molecule has 7 heteroatoms. The second-order valence-electron chi connectivity index (χ2n) is 5.84. The van der Waals surface area contributed by atoms with Gasteiger partial charge in [-0.3, -0.25) is 14.9 Å². The average molecular weight is 341 g/mol. The van der Waals surface area contributed by atoms with Gasteiger partial charge in [-0.1, -0.05) is 18.2 Å². The third kappa shape index (κ3) is 3.71. The third-order valence-corrected chi connectivity index (χ3v) is 4.21. The fourth-order valence-corrected chi connectivity index (χ4v) is 3.05. The molecule has 2 aromatic carbocycles. The van der Waals surface area contributed by atoms with E-state index in [2.05, 4.69) is 11.4 Å². The number of nitro groups is 1. The number of carbonyl (C=O) groups is 1. The first kappa shape index (κ1) is 16.8. The Morgan fingerprint density at radius 2 is 2.12 bits per heavy atom. The Balaban J connectivity index is 1.75. The Kier molecular flexibility index (Phi) is 4.83. The first-order valence-electron chi connectivity index (χ1n) is 8.03. The van der Waals surface area contributed by atoms with E-state index in [-0.39, 0.29) is 18.1 Å². The van der Waals surface area contributed by atoms with Gasteiger partial charge in [0.25, 0.3) is 5.69 Å². The molecule has 0 aliphatic carbocycles. The average Bonchev–Trinajstić information content (AvgIpc) is 2.62. The number of anilines is 2. The molecule has 0 bridgehead atoms. The van der Waals surface area contributed by atoms with Crippen LogP contribution in [0.4, 0.5) is 17.1 Å². The third-order valence-electron chi connectivity index (χ3n) is 4.21. The molecule has 2 aromatic rings. The molecule has 3 rings (SSSR count). The van der Waals surface area contributed by atoms with Crippen LogP contribution >= 0.6 is 0 Å². The largest absolute Gasteiger partial charge is 0.495 e. The van der Waals surface area contributed by atoms with Crippen LogP contribution in [0.2, 0.25) is 0 Å². The van der Waals surface area contributed by atoms with Gasteiger partial charge in [-0.05, 0) is 30.5 Å². The monoisotopic (exact) mass is 341 g/mol. The molecule has 1 aliphatic rings. The number of hydrogen-bond acceptors (Lipinski definition) is 5. The highest BCUT2D eigenvalue weighted by Crippen LogP contribution is 2.30. The zero-order chi connectivity index (χ0) is 17.8. The molecule has 0 spiro atoms. The zero-order valence-electron chi connectivity index (χ0n) is 13.9. The number of benzene rings is 2. The predicted molar refractivity (Wildman–Crippen MR) is 95.3 cm³/mol. The highest BCUT2D eigenvalue weighted by atomic mass is 16.6. The summed E-state index contributed by atoms with van der Waals surface area (Å²) in [5.41, 5.74) is 2.50. The van der Waals surface area contributed by atoms with Gasteiger partial charge in [0.15, 0.2) is 0 Å². The molecule has 0 radical (unpaired) electrons. The molecule has 0 aromatic heterocycles. The van der Waals surface area contributed by atoms with Crippen LogP contribution in [0.1, 0.15) is 12.0 Å². The number of nitrogens with zero attached hydrogens (tertiary/aromatic N) is 2. The molecule has 25 heavy (non-hydrogen) atoms. The van der Waals surface area contributed by atoms with Crippen molar-refractivity contribution in [2.45, 2.75) is 12.8 Å². The van der Waals surface area contributed by atoms with Crippen LogP contribution in [0.25, 0.3) is 0 Å². The van der Waals surface area contributed by atoms with E-state index in [4.69, 9.17) is 4.74 Å². The van der Waals surface area contributed by atoms with E-state index in [0.717, 1.165) is 25.1 Å². The summed E-state index contributed by atoms with van der Waals surface area (Å²) in [5.74, 6) is 0.147. The van der Waals surface area contributed by atoms with E-state index in [1.165, 1.54) is 30.9 Å². The molecule has 0 unspecified atom stereocenters. The molecule has 130 valence electrons. The lowest BCUT2D eigenvalue weighted by atomic mass is 10.0. The lowest BCUT2D eigenvalue weighted by Gasteiger charge is -2.30. The van der Waals surface area contributed by atoms with E-state index in [1.54, 1.807) is 0 Å². The number of fused-ring (bicyclic) bond motifs is 1. The number of hydrogen-bond donors (Lipinski definition) is 1. The molecule has 0 saturated heterocycles. The summed E-state index contributed by atoms with van der Waals surface area (Å²) in [6.45, 7) is 0.985. The normalized spacial score (nSPS) is 13.1. The first-order valence-corrected chi connectivity index (χ1v) is 8.03. The second-order valence-corrected chi connectivity index (χ2v) is 5.84. The van der Waals surface area contributed by atoms with Gasteiger partial charge in [-0.25, -0.2) is 0 Å².